The number of oxazole rings is 1. The first-order chi connectivity index (χ1) is 10.3. The van der Waals surface area contributed by atoms with Crippen LogP contribution < -0.4 is 0 Å². The van der Waals surface area contributed by atoms with Gasteiger partial charge in [0, 0.05) is 5.57 Å². The molecule has 0 atom stereocenters. The average Bonchev–Trinajstić information content (AvgIpc) is 3.11. The third-order valence-corrected chi connectivity index (χ3v) is 3.48. The lowest BCUT2D eigenvalue weighted by molar-refractivity contribution is -0.133. The largest absolute Gasteiger partial charge is 0.457 e. The quantitative estimate of drug-likeness (QED) is 0.674. The maximum Gasteiger partial charge on any atom is 0.344 e. The second-order valence-electron chi connectivity index (χ2n) is 4.78. The first kappa shape index (κ1) is 11.9. The molecule has 4 rings (SSSR count). The van der Waals surface area contributed by atoms with Crippen molar-refractivity contribution >= 4 is 28.2 Å². The summed E-state index contributed by atoms with van der Waals surface area (Å²) in [5, 5.41) is 0. The van der Waals surface area contributed by atoms with E-state index in [4.69, 9.17) is 9.15 Å². The third kappa shape index (κ3) is 1.92. The Morgan fingerprint density at radius 1 is 0.952 bits per heavy atom. The molecule has 0 aliphatic carbocycles. The number of hydrogen-bond acceptors (Lipinski definition) is 4. The molecule has 0 spiro atoms. The van der Waals surface area contributed by atoms with E-state index in [0.717, 1.165) is 16.7 Å². The van der Waals surface area contributed by atoms with Crippen LogP contribution in [0, 0.1) is 0 Å². The molecular formula is C17H11NO3. The number of cyclic esters (lactones) is 1. The summed E-state index contributed by atoms with van der Waals surface area (Å²) in [5.41, 5.74) is 3.56. The van der Waals surface area contributed by atoms with Crippen LogP contribution in [0.2, 0.25) is 0 Å². The number of carbonyl (C=O) groups is 1. The molecule has 1 aliphatic heterocycles. The highest BCUT2D eigenvalue weighted by molar-refractivity contribution is 6.26. The van der Waals surface area contributed by atoms with Gasteiger partial charge in [-0.15, -0.1) is 0 Å². The van der Waals surface area contributed by atoms with Gasteiger partial charge < -0.3 is 9.15 Å². The molecule has 0 amide bonds. The topological polar surface area (TPSA) is 52.3 Å². The second-order valence-corrected chi connectivity index (χ2v) is 4.78. The van der Waals surface area contributed by atoms with Crippen molar-refractivity contribution in [1.82, 2.24) is 4.98 Å². The summed E-state index contributed by atoms with van der Waals surface area (Å²) >= 11 is 0. The van der Waals surface area contributed by atoms with Crippen molar-refractivity contribution in [2.75, 3.05) is 6.61 Å². The van der Waals surface area contributed by atoms with Gasteiger partial charge in [0.15, 0.2) is 5.58 Å². The van der Waals surface area contributed by atoms with E-state index in [-0.39, 0.29) is 12.6 Å². The Balaban J connectivity index is 1.92. The van der Waals surface area contributed by atoms with Crippen molar-refractivity contribution in [3.63, 3.8) is 0 Å². The number of hydrogen-bond donors (Lipinski definition) is 0. The number of carbonyl (C=O) groups excluding carboxylic acids is 1. The van der Waals surface area contributed by atoms with Gasteiger partial charge in [0.25, 0.3) is 0 Å². The van der Waals surface area contributed by atoms with Crippen molar-refractivity contribution in [2.24, 2.45) is 0 Å². The number of aromatic nitrogens is 1. The SMILES string of the molecule is O=C1OCC(c2ccccc2)=C1c1nc2ccccc2o1. The van der Waals surface area contributed by atoms with Crippen LogP contribution in [0.5, 0.6) is 0 Å². The van der Waals surface area contributed by atoms with E-state index >= 15 is 0 Å². The van der Waals surface area contributed by atoms with E-state index in [9.17, 15) is 4.79 Å². The summed E-state index contributed by atoms with van der Waals surface area (Å²) in [6, 6.07) is 17.1. The number of para-hydroxylation sites is 2. The minimum Gasteiger partial charge on any atom is -0.457 e. The molecule has 0 fully saturated rings. The zero-order chi connectivity index (χ0) is 14.2. The van der Waals surface area contributed by atoms with Crippen LogP contribution in [-0.4, -0.2) is 17.6 Å². The van der Waals surface area contributed by atoms with Crippen molar-refractivity contribution in [1.29, 1.82) is 0 Å². The molecule has 0 bridgehead atoms. The molecule has 0 unspecified atom stereocenters. The highest BCUT2D eigenvalue weighted by atomic mass is 16.5. The van der Waals surface area contributed by atoms with Crippen LogP contribution in [0.25, 0.3) is 22.2 Å². The molecule has 2 heterocycles. The first-order valence-electron chi connectivity index (χ1n) is 6.64. The molecule has 4 nitrogen and oxygen atoms in total. The molecular weight excluding hydrogens is 266 g/mol. The van der Waals surface area contributed by atoms with E-state index < -0.39 is 0 Å². The van der Waals surface area contributed by atoms with Crippen LogP contribution in [0.3, 0.4) is 0 Å². The predicted octanol–water partition coefficient (Wildman–Crippen LogP) is 3.30. The Hall–Kier alpha value is -2.88. The molecule has 0 saturated heterocycles. The van der Waals surface area contributed by atoms with Gasteiger partial charge in [-0.25, -0.2) is 9.78 Å². The predicted molar refractivity (Wildman–Crippen MR) is 78.2 cm³/mol. The zero-order valence-corrected chi connectivity index (χ0v) is 11.1. The summed E-state index contributed by atoms with van der Waals surface area (Å²) in [7, 11) is 0. The molecule has 0 N–H and O–H groups in total. The van der Waals surface area contributed by atoms with Crippen molar-refractivity contribution in [3.8, 4) is 0 Å². The molecule has 0 radical (unpaired) electrons. The monoisotopic (exact) mass is 277 g/mol. The van der Waals surface area contributed by atoms with Crippen LogP contribution in [0.1, 0.15) is 11.5 Å². The van der Waals surface area contributed by atoms with Gasteiger partial charge in [0.2, 0.25) is 5.89 Å². The molecule has 21 heavy (non-hydrogen) atoms. The Labute approximate surface area is 120 Å². The van der Waals surface area contributed by atoms with Crippen molar-refractivity contribution in [3.05, 3.63) is 66.1 Å². The Morgan fingerprint density at radius 3 is 2.52 bits per heavy atom. The number of ether oxygens (including phenoxy) is 1. The minimum absolute atomic E-state index is 0.247. The fourth-order valence-electron chi connectivity index (χ4n) is 2.47. The number of benzene rings is 2. The molecule has 2 aromatic carbocycles. The van der Waals surface area contributed by atoms with E-state index in [2.05, 4.69) is 4.98 Å². The lowest BCUT2D eigenvalue weighted by Crippen LogP contribution is -1.98. The fraction of sp³-hybridized carbons (Fsp3) is 0.0588. The van der Waals surface area contributed by atoms with Gasteiger partial charge in [0.05, 0.1) is 0 Å². The highest BCUT2D eigenvalue weighted by Gasteiger charge is 2.30. The van der Waals surface area contributed by atoms with Gasteiger partial charge in [0.1, 0.15) is 17.7 Å². The third-order valence-electron chi connectivity index (χ3n) is 3.48. The normalized spacial score (nSPS) is 14.8. The summed E-state index contributed by atoms with van der Waals surface area (Å²) in [4.78, 5) is 16.5. The second kappa shape index (κ2) is 4.59. The molecule has 1 aliphatic rings. The lowest BCUT2D eigenvalue weighted by Gasteiger charge is -2.00. The molecule has 102 valence electrons. The van der Waals surface area contributed by atoms with Crippen LogP contribution in [0.15, 0.2) is 59.0 Å². The van der Waals surface area contributed by atoms with E-state index in [1.165, 1.54) is 0 Å². The summed E-state index contributed by atoms with van der Waals surface area (Å²) in [6.45, 7) is 0.247. The molecule has 3 aromatic rings. The molecule has 1 aromatic heterocycles. The van der Waals surface area contributed by atoms with Crippen molar-refractivity contribution in [2.45, 2.75) is 0 Å². The standard InChI is InChI=1S/C17H11NO3/c19-17-15(12(10-20-17)11-6-2-1-3-7-11)16-18-13-8-4-5-9-14(13)21-16/h1-9H,10H2. The number of rotatable bonds is 2. The minimum atomic E-state index is -0.389. The van der Waals surface area contributed by atoms with E-state index in [0.29, 0.717) is 17.0 Å². The maximum atomic E-state index is 12.1. The number of nitrogens with zero attached hydrogens (tertiary/aromatic N) is 1. The highest BCUT2D eigenvalue weighted by Crippen LogP contribution is 2.33. The van der Waals surface area contributed by atoms with Gasteiger partial charge >= 0.3 is 5.97 Å². The summed E-state index contributed by atoms with van der Waals surface area (Å²) in [5.74, 6) is -0.0713. The van der Waals surface area contributed by atoms with Gasteiger partial charge in [-0.3, -0.25) is 0 Å². The Bertz CT molecular complexity index is 829. The Morgan fingerprint density at radius 2 is 1.71 bits per heavy atom. The van der Waals surface area contributed by atoms with Gasteiger partial charge in [-0.05, 0) is 17.7 Å². The zero-order valence-electron chi connectivity index (χ0n) is 11.1. The van der Waals surface area contributed by atoms with Crippen LogP contribution >= 0.6 is 0 Å². The van der Waals surface area contributed by atoms with Crippen LogP contribution in [0.4, 0.5) is 0 Å². The van der Waals surface area contributed by atoms with E-state index in [1.54, 1.807) is 0 Å². The maximum absolute atomic E-state index is 12.1. The van der Waals surface area contributed by atoms with Gasteiger partial charge in [-0.2, -0.15) is 0 Å². The summed E-state index contributed by atoms with van der Waals surface area (Å²) < 4.78 is 10.9. The van der Waals surface area contributed by atoms with Gasteiger partial charge in [-0.1, -0.05) is 42.5 Å². The van der Waals surface area contributed by atoms with Crippen molar-refractivity contribution < 1.29 is 13.9 Å². The van der Waals surface area contributed by atoms with E-state index in [1.807, 2.05) is 54.6 Å². The number of esters is 1. The summed E-state index contributed by atoms with van der Waals surface area (Å²) in [6.07, 6.45) is 0. The number of fused-ring (bicyclic) bond motifs is 1. The fourth-order valence-corrected chi connectivity index (χ4v) is 2.47. The van der Waals surface area contributed by atoms with Crippen LogP contribution in [-0.2, 0) is 9.53 Å². The molecule has 0 saturated carbocycles. The lowest BCUT2D eigenvalue weighted by atomic mass is 10.0. The average molecular weight is 277 g/mol. The Kier molecular flexibility index (Phi) is 2.60. The molecule has 4 heteroatoms. The first-order valence-corrected chi connectivity index (χ1v) is 6.64. The smallest absolute Gasteiger partial charge is 0.344 e.